The minimum absolute atomic E-state index is 0.00512. The first-order chi connectivity index (χ1) is 12.9. The number of aromatic nitrogens is 4. The predicted molar refractivity (Wildman–Crippen MR) is 109 cm³/mol. The lowest BCUT2D eigenvalue weighted by molar-refractivity contribution is 0.493. The number of rotatable bonds is 7. The monoisotopic (exact) mass is 365 g/mol. The summed E-state index contributed by atoms with van der Waals surface area (Å²) in [6.45, 7) is 5.01. The molecule has 2 aromatic heterocycles. The zero-order chi connectivity index (χ0) is 19.0. The molecule has 3 aromatic rings. The highest BCUT2D eigenvalue weighted by Crippen LogP contribution is 2.41. The van der Waals surface area contributed by atoms with Gasteiger partial charge >= 0.3 is 0 Å². The average Bonchev–Trinajstić information content (AvgIpc) is 3.46. The summed E-state index contributed by atoms with van der Waals surface area (Å²) in [7, 11) is 1.89. The first-order valence-electron chi connectivity index (χ1n) is 9.46. The molecular weight excluding hydrogens is 338 g/mol. The van der Waals surface area contributed by atoms with Crippen molar-refractivity contribution in [3.63, 3.8) is 0 Å². The van der Waals surface area contributed by atoms with E-state index < -0.39 is 0 Å². The Morgan fingerprint density at radius 2 is 1.96 bits per heavy atom. The maximum Gasteiger partial charge on any atom is 0.226 e. The summed E-state index contributed by atoms with van der Waals surface area (Å²) in [4.78, 5) is 9.37. The zero-order valence-corrected chi connectivity index (χ0v) is 16.1. The lowest BCUT2D eigenvalue weighted by Crippen LogP contribution is -2.34. The number of hydrogen-bond donors (Lipinski definition) is 3. The van der Waals surface area contributed by atoms with Crippen LogP contribution in [-0.4, -0.2) is 31.8 Å². The quantitative estimate of drug-likeness (QED) is 0.596. The first kappa shape index (κ1) is 17.7. The van der Waals surface area contributed by atoms with Crippen LogP contribution in [0.2, 0.25) is 0 Å². The Morgan fingerprint density at radius 1 is 1.22 bits per heavy atom. The third-order valence-electron chi connectivity index (χ3n) is 5.34. The van der Waals surface area contributed by atoms with Crippen molar-refractivity contribution in [1.29, 1.82) is 0 Å². The van der Waals surface area contributed by atoms with E-state index in [1.807, 2.05) is 43.6 Å². The summed E-state index contributed by atoms with van der Waals surface area (Å²) in [6, 6.07) is 9.91. The van der Waals surface area contributed by atoms with Crippen molar-refractivity contribution in [2.75, 3.05) is 17.2 Å². The van der Waals surface area contributed by atoms with Crippen LogP contribution in [0.5, 0.6) is 0 Å². The standard InChI is InChI=1S/C20H27N7/c1-20(2,14-9-10-14)26-17-15-11-23-27(3)18(15)25-19(24-17)22-12-16(21)13-7-5-4-6-8-13/h4-8,11,14,16H,9-10,12,21H2,1-3H3,(H2,22,24,25,26)/t16-/m0/s1. The molecule has 1 saturated carbocycles. The van der Waals surface area contributed by atoms with Gasteiger partial charge in [-0.05, 0) is 38.2 Å². The SMILES string of the molecule is Cn1ncc2c(NC(C)(C)C3CC3)nc(NC[C@H](N)c3ccccc3)nc21. The van der Waals surface area contributed by atoms with Crippen LogP contribution in [0.4, 0.5) is 11.8 Å². The predicted octanol–water partition coefficient (Wildman–Crippen LogP) is 3.08. The lowest BCUT2D eigenvalue weighted by atomic mass is 9.99. The van der Waals surface area contributed by atoms with Crippen molar-refractivity contribution >= 4 is 22.8 Å². The Kier molecular flexibility index (Phi) is 4.47. The van der Waals surface area contributed by atoms with Crippen LogP contribution in [0.15, 0.2) is 36.5 Å². The van der Waals surface area contributed by atoms with Crippen LogP contribution in [0.25, 0.3) is 11.0 Å². The molecule has 1 aliphatic carbocycles. The van der Waals surface area contributed by atoms with Crippen molar-refractivity contribution in [3.8, 4) is 0 Å². The number of hydrogen-bond acceptors (Lipinski definition) is 6. The number of aryl methyl sites for hydroxylation is 1. The molecular formula is C20H27N7. The molecule has 7 nitrogen and oxygen atoms in total. The fourth-order valence-corrected chi connectivity index (χ4v) is 3.43. The maximum atomic E-state index is 6.30. The largest absolute Gasteiger partial charge is 0.364 e. The Morgan fingerprint density at radius 3 is 2.67 bits per heavy atom. The molecule has 1 fully saturated rings. The molecule has 1 aliphatic rings. The van der Waals surface area contributed by atoms with E-state index in [-0.39, 0.29) is 11.6 Å². The molecule has 1 aromatic carbocycles. The number of nitrogens with one attached hydrogen (secondary N) is 2. The van der Waals surface area contributed by atoms with Crippen LogP contribution in [0, 0.1) is 5.92 Å². The van der Waals surface area contributed by atoms with Crippen LogP contribution < -0.4 is 16.4 Å². The minimum Gasteiger partial charge on any atom is -0.364 e. The van der Waals surface area contributed by atoms with Crippen LogP contribution in [-0.2, 0) is 7.05 Å². The highest BCUT2D eigenvalue weighted by atomic mass is 15.3. The summed E-state index contributed by atoms with van der Waals surface area (Å²) in [5.74, 6) is 2.06. The third-order valence-corrected chi connectivity index (χ3v) is 5.34. The molecule has 1 atom stereocenters. The Bertz CT molecular complexity index is 928. The topological polar surface area (TPSA) is 93.7 Å². The Labute approximate surface area is 159 Å². The van der Waals surface area contributed by atoms with E-state index in [2.05, 4.69) is 34.6 Å². The van der Waals surface area contributed by atoms with E-state index in [1.54, 1.807) is 4.68 Å². The van der Waals surface area contributed by atoms with Crippen LogP contribution in [0.1, 0.15) is 38.3 Å². The maximum absolute atomic E-state index is 6.30. The van der Waals surface area contributed by atoms with Crippen molar-refractivity contribution in [1.82, 2.24) is 19.7 Å². The number of fused-ring (bicyclic) bond motifs is 1. The van der Waals surface area contributed by atoms with Gasteiger partial charge in [-0.3, -0.25) is 4.68 Å². The van der Waals surface area contributed by atoms with E-state index in [9.17, 15) is 0 Å². The number of nitrogens with zero attached hydrogens (tertiary/aromatic N) is 4. The average molecular weight is 365 g/mol. The van der Waals surface area contributed by atoms with Gasteiger partial charge in [0.05, 0.1) is 11.6 Å². The van der Waals surface area contributed by atoms with Gasteiger partial charge in [0.25, 0.3) is 0 Å². The smallest absolute Gasteiger partial charge is 0.226 e. The van der Waals surface area contributed by atoms with E-state index in [4.69, 9.17) is 10.7 Å². The summed E-state index contributed by atoms with van der Waals surface area (Å²) in [6.07, 6.45) is 4.34. The van der Waals surface area contributed by atoms with Gasteiger partial charge in [-0.15, -0.1) is 0 Å². The summed E-state index contributed by atoms with van der Waals surface area (Å²) in [5, 5.41) is 12.2. The lowest BCUT2D eigenvalue weighted by Gasteiger charge is -2.27. The van der Waals surface area contributed by atoms with E-state index in [0.29, 0.717) is 18.4 Å². The molecule has 0 spiro atoms. The molecule has 7 heteroatoms. The highest BCUT2D eigenvalue weighted by molar-refractivity contribution is 5.87. The van der Waals surface area contributed by atoms with Crippen molar-refractivity contribution in [3.05, 3.63) is 42.1 Å². The molecule has 0 amide bonds. The van der Waals surface area contributed by atoms with Gasteiger partial charge < -0.3 is 16.4 Å². The highest BCUT2D eigenvalue weighted by Gasteiger charge is 2.38. The second-order valence-corrected chi connectivity index (χ2v) is 7.92. The van der Waals surface area contributed by atoms with Crippen LogP contribution >= 0.6 is 0 Å². The summed E-state index contributed by atoms with van der Waals surface area (Å²) in [5.41, 5.74) is 8.18. The molecule has 0 bridgehead atoms. The summed E-state index contributed by atoms with van der Waals surface area (Å²) >= 11 is 0. The van der Waals surface area contributed by atoms with Gasteiger partial charge in [-0.2, -0.15) is 15.1 Å². The molecule has 0 saturated heterocycles. The first-order valence-corrected chi connectivity index (χ1v) is 9.46. The van der Waals surface area contributed by atoms with Gasteiger partial charge in [0.1, 0.15) is 5.82 Å². The molecule has 27 heavy (non-hydrogen) atoms. The second-order valence-electron chi connectivity index (χ2n) is 7.92. The second kappa shape index (κ2) is 6.81. The van der Waals surface area contributed by atoms with Gasteiger partial charge in [-0.25, -0.2) is 0 Å². The molecule has 4 rings (SSSR count). The molecule has 4 N–H and O–H groups in total. The Balaban J connectivity index is 1.58. The van der Waals surface area contributed by atoms with Gasteiger partial charge in [-0.1, -0.05) is 30.3 Å². The zero-order valence-electron chi connectivity index (χ0n) is 16.1. The van der Waals surface area contributed by atoms with Gasteiger partial charge in [0.2, 0.25) is 5.95 Å². The van der Waals surface area contributed by atoms with Crippen molar-refractivity contribution < 1.29 is 0 Å². The minimum atomic E-state index is -0.128. The molecule has 0 unspecified atom stereocenters. The normalized spacial score (nSPS) is 15.7. The Hall–Kier alpha value is -2.67. The fourth-order valence-electron chi connectivity index (χ4n) is 3.43. The molecule has 142 valence electrons. The molecule has 0 radical (unpaired) electrons. The number of nitrogens with two attached hydrogens (primary N) is 1. The number of anilines is 2. The van der Waals surface area contributed by atoms with E-state index in [1.165, 1.54) is 12.8 Å². The number of benzene rings is 1. The molecule has 0 aliphatic heterocycles. The van der Waals surface area contributed by atoms with Gasteiger partial charge in [0, 0.05) is 25.2 Å². The van der Waals surface area contributed by atoms with E-state index >= 15 is 0 Å². The van der Waals surface area contributed by atoms with Gasteiger partial charge in [0.15, 0.2) is 5.65 Å². The van der Waals surface area contributed by atoms with Crippen molar-refractivity contribution in [2.24, 2.45) is 18.7 Å². The fraction of sp³-hybridized carbons (Fsp3) is 0.450. The molecule has 2 heterocycles. The summed E-state index contributed by atoms with van der Waals surface area (Å²) < 4.78 is 1.77. The third kappa shape index (κ3) is 3.73. The van der Waals surface area contributed by atoms with E-state index in [0.717, 1.165) is 22.4 Å². The van der Waals surface area contributed by atoms with Crippen molar-refractivity contribution in [2.45, 2.75) is 38.3 Å². The van der Waals surface area contributed by atoms with Crippen LogP contribution in [0.3, 0.4) is 0 Å².